The molecule has 1 aromatic rings. The fraction of sp³-hybridized carbons (Fsp3) is 0.500. The monoisotopic (exact) mass is 247 g/mol. The van der Waals surface area contributed by atoms with Crippen LogP contribution in [0.1, 0.15) is 38.3 Å². The molecule has 0 unspecified atom stereocenters. The molecule has 0 amide bonds. The molecule has 1 N–H and O–H groups in total. The molecule has 0 radical (unpaired) electrons. The van der Waals surface area contributed by atoms with Gasteiger partial charge in [0.05, 0.1) is 0 Å². The van der Waals surface area contributed by atoms with Gasteiger partial charge < -0.3 is 5.32 Å². The lowest BCUT2D eigenvalue weighted by Gasteiger charge is -2.20. The van der Waals surface area contributed by atoms with Gasteiger partial charge in [0.15, 0.2) is 0 Å². The molecule has 1 atom stereocenters. The SMILES string of the molecule is CC1(C)CC[C@H](c2cc(F)ccc2F)N1.Cl. The minimum absolute atomic E-state index is 0. The van der Waals surface area contributed by atoms with Gasteiger partial charge in [-0.25, -0.2) is 8.78 Å². The van der Waals surface area contributed by atoms with Crippen LogP contribution in [0.5, 0.6) is 0 Å². The van der Waals surface area contributed by atoms with Crippen molar-refractivity contribution in [2.24, 2.45) is 0 Å². The Labute approximate surface area is 101 Å². The van der Waals surface area contributed by atoms with Crippen LogP contribution in [0.15, 0.2) is 18.2 Å². The largest absolute Gasteiger partial charge is 0.305 e. The lowest BCUT2D eigenvalue weighted by atomic mass is 10.0. The zero-order chi connectivity index (χ0) is 11.1. The summed E-state index contributed by atoms with van der Waals surface area (Å²) in [7, 11) is 0. The summed E-state index contributed by atoms with van der Waals surface area (Å²) in [6.07, 6.45) is 1.83. The Morgan fingerprint density at radius 2 is 2.00 bits per heavy atom. The summed E-state index contributed by atoms with van der Waals surface area (Å²) in [6, 6.07) is 3.57. The number of rotatable bonds is 1. The molecule has 90 valence electrons. The molecular weight excluding hydrogens is 232 g/mol. The molecule has 16 heavy (non-hydrogen) atoms. The summed E-state index contributed by atoms with van der Waals surface area (Å²) in [5.41, 5.74) is 0.462. The predicted molar refractivity (Wildman–Crippen MR) is 62.8 cm³/mol. The molecule has 0 bridgehead atoms. The van der Waals surface area contributed by atoms with Gasteiger partial charge in [0.2, 0.25) is 0 Å². The fourth-order valence-corrected chi connectivity index (χ4v) is 2.14. The van der Waals surface area contributed by atoms with E-state index in [0.717, 1.165) is 18.9 Å². The van der Waals surface area contributed by atoms with Crippen LogP contribution in [0, 0.1) is 11.6 Å². The van der Waals surface area contributed by atoms with Crippen LogP contribution in [0.3, 0.4) is 0 Å². The fourth-order valence-electron chi connectivity index (χ4n) is 2.14. The Balaban J connectivity index is 0.00000128. The minimum atomic E-state index is -0.377. The lowest BCUT2D eigenvalue weighted by Crippen LogP contribution is -2.33. The van der Waals surface area contributed by atoms with E-state index in [0.29, 0.717) is 5.56 Å². The van der Waals surface area contributed by atoms with E-state index < -0.39 is 0 Å². The highest BCUT2D eigenvalue weighted by atomic mass is 35.5. The number of hydrogen-bond donors (Lipinski definition) is 1. The molecule has 1 heterocycles. The van der Waals surface area contributed by atoms with E-state index in [1.807, 2.05) is 0 Å². The lowest BCUT2D eigenvalue weighted by molar-refractivity contribution is 0.426. The van der Waals surface area contributed by atoms with Crippen LogP contribution in [-0.4, -0.2) is 5.54 Å². The van der Waals surface area contributed by atoms with Gasteiger partial charge in [-0.1, -0.05) is 0 Å². The third-order valence-electron chi connectivity index (χ3n) is 2.96. The van der Waals surface area contributed by atoms with Crippen LogP contribution in [0.2, 0.25) is 0 Å². The zero-order valence-electron chi connectivity index (χ0n) is 9.39. The second-order valence-corrected chi connectivity index (χ2v) is 4.79. The number of halogens is 3. The Kier molecular flexibility index (Phi) is 3.92. The van der Waals surface area contributed by atoms with Gasteiger partial charge >= 0.3 is 0 Å². The predicted octanol–water partition coefficient (Wildman–Crippen LogP) is 3.59. The van der Waals surface area contributed by atoms with Gasteiger partial charge in [-0.2, -0.15) is 0 Å². The third kappa shape index (κ3) is 2.71. The van der Waals surface area contributed by atoms with E-state index in [4.69, 9.17) is 0 Å². The van der Waals surface area contributed by atoms with E-state index in [2.05, 4.69) is 19.2 Å². The van der Waals surface area contributed by atoms with Crippen molar-refractivity contribution in [3.05, 3.63) is 35.4 Å². The van der Waals surface area contributed by atoms with E-state index in [1.54, 1.807) is 0 Å². The molecule has 1 aromatic carbocycles. The van der Waals surface area contributed by atoms with E-state index >= 15 is 0 Å². The maximum atomic E-state index is 13.5. The highest BCUT2D eigenvalue weighted by molar-refractivity contribution is 5.85. The van der Waals surface area contributed by atoms with Crippen LogP contribution in [-0.2, 0) is 0 Å². The minimum Gasteiger partial charge on any atom is -0.305 e. The molecule has 0 spiro atoms. The average molecular weight is 248 g/mol. The maximum Gasteiger partial charge on any atom is 0.128 e. The van der Waals surface area contributed by atoms with Crippen molar-refractivity contribution in [1.82, 2.24) is 5.32 Å². The van der Waals surface area contributed by atoms with Gasteiger partial charge in [0, 0.05) is 17.1 Å². The van der Waals surface area contributed by atoms with Crippen molar-refractivity contribution in [2.45, 2.75) is 38.3 Å². The average Bonchev–Trinajstić information content (AvgIpc) is 2.50. The van der Waals surface area contributed by atoms with Gasteiger partial charge in [-0.3, -0.25) is 0 Å². The molecule has 0 aliphatic carbocycles. The first kappa shape index (κ1) is 13.4. The summed E-state index contributed by atoms with van der Waals surface area (Å²) in [6.45, 7) is 4.15. The standard InChI is InChI=1S/C12H15F2N.ClH/c1-12(2)6-5-11(15-12)9-7-8(13)3-4-10(9)14;/h3-4,7,11,15H,5-6H2,1-2H3;1H/t11-;/m1./s1. The summed E-state index contributed by atoms with van der Waals surface area (Å²) in [5.74, 6) is -0.704. The Morgan fingerprint density at radius 3 is 2.56 bits per heavy atom. The third-order valence-corrected chi connectivity index (χ3v) is 2.96. The van der Waals surface area contributed by atoms with Crippen LogP contribution >= 0.6 is 12.4 Å². The second-order valence-electron chi connectivity index (χ2n) is 4.79. The molecule has 1 fully saturated rings. The molecule has 4 heteroatoms. The van der Waals surface area contributed by atoms with E-state index in [-0.39, 0.29) is 35.6 Å². The highest BCUT2D eigenvalue weighted by Crippen LogP contribution is 2.33. The maximum absolute atomic E-state index is 13.5. The first-order chi connectivity index (χ1) is 6.98. The Hall–Kier alpha value is -0.670. The van der Waals surface area contributed by atoms with Gasteiger partial charge in [0.25, 0.3) is 0 Å². The smallest absolute Gasteiger partial charge is 0.128 e. The van der Waals surface area contributed by atoms with Crippen LogP contribution in [0.25, 0.3) is 0 Å². The highest BCUT2D eigenvalue weighted by Gasteiger charge is 2.32. The molecule has 0 aromatic heterocycles. The van der Waals surface area contributed by atoms with E-state index in [1.165, 1.54) is 12.1 Å². The van der Waals surface area contributed by atoms with Gasteiger partial charge in [0.1, 0.15) is 11.6 Å². The van der Waals surface area contributed by atoms with Gasteiger partial charge in [-0.05, 0) is 44.9 Å². The van der Waals surface area contributed by atoms with Crippen LogP contribution in [0.4, 0.5) is 8.78 Å². The number of hydrogen-bond acceptors (Lipinski definition) is 1. The quantitative estimate of drug-likeness (QED) is 0.800. The first-order valence-electron chi connectivity index (χ1n) is 5.21. The van der Waals surface area contributed by atoms with E-state index in [9.17, 15) is 8.78 Å². The summed E-state index contributed by atoms with van der Waals surface area (Å²) in [5, 5.41) is 3.31. The second kappa shape index (κ2) is 4.68. The topological polar surface area (TPSA) is 12.0 Å². The van der Waals surface area contributed by atoms with Crippen molar-refractivity contribution in [3.8, 4) is 0 Å². The summed E-state index contributed by atoms with van der Waals surface area (Å²) in [4.78, 5) is 0. The summed E-state index contributed by atoms with van der Waals surface area (Å²) < 4.78 is 26.5. The molecule has 1 saturated heterocycles. The van der Waals surface area contributed by atoms with Crippen molar-refractivity contribution >= 4 is 12.4 Å². The molecule has 1 aliphatic rings. The van der Waals surface area contributed by atoms with Gasteiger partial charge in [-0.15, -0.1) is 12.4 Å². The van der Waals surface area contributed by atoms with Crippen molar-refractivity contribution in [3.63, 3.8) is 0 Å². The van der Waals surface area contributed by atoms with Crippen LogP contribution < -0.4 is 5.32 Å². The Morgan fingerprint density at radius 1 is 1.31 bits per heavy atom. The van der Waals surface area contributed by atoms with Crippen molar-refractivity contribution in [2.75, 3.05) is 0 Å². The Bertz CT molecular complexity index is 379. The molecular formula is C12H16ClF2N. The molecule has 0 saturated carbocycles. The normalized spacial score (nSPS) is 22.9. The molecule has 1 aliphatic heterocycles. The van der Waals surface area contributed by atoms with Crippen molar-refractivity contribution < 1.29 is 8.78 Å². The number of nitrogens with one attached hydrogen (secondary N) is 1. The summed E-state index contributed by atoms with van der Waals surface area (Å²) >= 11 is 0. The first-order valence-corrected chi connectivity index (χ1v) is 5.21. The molecule has 2 rings (SSSR count). The number of benzene rings is 1. The van der Waals surface area contributed by atoms with Crippen molar-refractivity contribution in [1.29, 1.82) is 0 Å². The zero-order valence-corrected chi connectivity index (χ0v) is 10.2. The molecule has 1 nitrogen and oxygen atoms in total.